The Labute approximate surface area is 191 Å². The number of aromatic nitrogens is 4. The Morgan fingerprint density at radius 1 is 1.03 bits per heavy atom. The largest absolute Gasteiger partial charge is 0.332 e. The van der Waals surface area contributed by atoms with Gasteiger partial charge in [0.05, 0.1) is 12.3 Å². The topological polar surface area (TPSA) is 78.9 Å². The molecule has 2 aromatic carbocycles. The molecule has 0 fully saturated rings. The highest BCUT2D eigenvalue weighted by atomic mass is 35.5. The second kappa shape index (κ2) is 8.76. The first-order chi connectivity index (χ1) is 15.3. The van der Waals surface area contributed by atoms with Crippen molar-refractivity contribution < 1.29 is 9.18 Å². The third-order valence-electron chi connectivity index (χ3n) is 5.07. The molecule has 0 aliphatic carbocycles. The second-order valence-corrected chi connectivity index (χ2v) is 8.58. The number of imidazole rings is 1. The Balaban J connectivity index is 1.77. The van der Waals surface area contributed by atoms with E-state index in [4.69, 9.17) is 11.6 Å². The zero-order valence-corrected chi connectivity index (χ0v) is 18.8. The van der Waals surface area contributed by atoms with E-state index in [9.17, 15) is 18.8 Å². The van der Waals surface area contributed by atoms with Gasteiger partial charge in [-0.05, 0) is 42.0 Å². The van der Waals surface area contributed by atoms with Crippen molar-refractivity contribution in [3.05, 3.63) is 91.3 Å². The molecule has 2 aromatic heterocycles. The van der Waals surface area contributed by atoms with Crippen molar-refractivity contribution in [1.29, 1.82) is 0 Å². The normalized spacial score (nSPS) is 11.2. The first-order valence-corrected chi connectivity index (χ1v) is 10.9. The highest BCUT2D eigenvalue weighted by Gasteiger charge is 2.20. The number of Topliss-reactive ketones (excluding diaryl/α,β-unsaturated/α-hetero) is 1. The maximum Gasteiger partial charge on any atom is 0.332 e. The lowest BCUT2D eigenvalue weighted by atomic mass is 10.1. The number of benzene rings is 2. The number of fused-ring (bicyclic) bond motifs is 1. The SMILES string of the molecule is Cn1c(=O)c2c(nc(SCC(=O)c3ccc(F)cc3)n2Cc2ccc(Cl)cc2)n(C)c1=O. The minimum Gasteiger partial charge on any atom is -0.309 e. The number of carbonyl (C=O) groups is 1. The number of aryl methyl sites for hydroxylation is 1. The fourth-order valence-corrected chi connectivity index (χ4v) is 4.32. The first-order valence-electron chi connectivity index (χ1n) is 9.58. The number of thioether (sulfide) groups is 1. The molecule has 0 bridgehead atoms. The summed E-state index contributed by atoms with van der Waals surface area (Å²) in [6, 6.07) is 12.5. The summed E-state index contributed by atoms with van der Waals surface area (Å²) in [4.78, 5) is 42.4. The molecule has 0 aliphatic rings. The molecular formula is C22H18ClFN4O3S. The predicted octanol–water partition coefficient (Wildman–Crippen LogP) is 3.25. The molecule has 10 heteroatoms. The summed E-state index contributed by atoms with van der Waals surface area (Å²) in [5, 5.41) is 1.01. The maximum absolute atomic E-state index is 13.1. The fraction of sp³-hybridized carbons (Fsp3) is 0.182. The predicted molar refractivity (Wildman–Crippen MR) is 122 cm³/mol. The summed E-state index contributed by atoms with van der Waals surface area (Å²) in [6.45, 7) is 0.300. The minimum absolute atomic E-state index is 0.0316. The summed E-state index contributed by atoms with van der Waals surface area (Å²) >= 11 is 7.13. The van der Waals surface area contributed by atoms with Crippen molar-refractivity contribution in [2.24, 2.45) is 14.1 Å². The zero-order valence-electron chi connectivity index (χ0n) is 17.2. The van der Waals surface area contributed by atoms with Gasteiger partial charge in [-0.25, -0.2) is 14.2 Å². The Morgan fingerprint density at radius 3 is 2.34 bits per heavy atom. The first kappa shape index (κ1) is 22.0. The number of nitrogens with zero attached hydrogens (tertiary/aromatic N) is 4. The van der Waals surface area contributed by atoms with Crippen LogP contribution >= 0.6 is 23.4 Å². The highest BCUT2D eigenvalue weighted by Crippen LogP contribution is 2.24. The molecule has 0 amide bonds. The Hall–Kier alpha value is -3.17. The van der Waals surface area contributed by atoms with Crippen molar-refractivity contribution in [3.63, 3.8) is 0 Å². The number of ketones is 1. The van der Waals surface area contributed by atoms with Crippen LogP contribution in [0.1, 0.15) is 15.9 Å². The van der Waals surface area contributed by atoms with E-state index < -0.39 is 17.1 Å². The summed E-state index contributed by atoms with van der Waals surface area (Å²) in [6.07, 6.45) is 0. The summed E-state index contributed by atoms with van der Waals surface area (Å²) < 4.78 is 17.2. The average Bonchev–Trinajstić information content (AvgIpc) is 3.15. The van der Waals surface area contributed by atoms with Gasteiger partial charge in [0.2, 0.25) is 0 Å². The summed E-state index contributed by atoms with van der Waals surface area (Å²) in [5.41, 5.74) is 0.794. The summed E-state index contributed by atoms with van der Waals surface area (Å²) in [5.74, 6) is -0.596. The molecule has 7 nitrogen and oxygen atoms in total. The number of hydrogen-bond acceptors (Lipinski definition) is 5. The van der Waals surface area contributed by atoms with Gasteiger partial charge in [0, 0.05) is 24.7 Å². The van der Waals surface area contributed by atoms with Crippen molar-refractivity contribution in [3.8, 4) is 0 Å². The van der Waals surface area contributed by atoms with Crippen molar-refractivity contribution >= 4 is 40.3 Å². The van der Waals surface area contributed by atoms with Crippen LogP contribution < -0.4 is 11.2 Å². The van der Waals surface area contributed by atoms with Gasteiger partial charge in [0.15, 0.2) is 22.1 Å². The third-order valence-corrected chi connectivity index (χ3v) is 6.29. The molecule has 0 N–H and O–H groups in total. The van der Waals surface area contributed by atoms with Gasteiger partial charge in [0.25, 0.3) is 5.56 Å². The number of halogens is 2. The molecule has 0 saturated heterocycles. The van der Waals surface area contributed by atoms with Gasteiger partial charge in [-0.1, -0.05) is 35.5 Å². The van der Waals surface area contributed by atoms with Crippen LogP contribution in [0.5, 0.6) is 0 Å². The Bertz CT molecular complexity index is 1440. The van der Waals surface area contributed by atoms with Gasteiger partial charge in [0.1, 0.15) is 5.82 Å². The minimum atomic E-state index is -0.488. The van der Waals surface area contributed by atoms with Crippen LogP contribution in [-0.4, -0.2) is 30.2 Å². The van der Waals surface area contributed by atoms with Crippen LogP contribution in [0.2, 0.25) is 5.02 Å². The number of rotatable bonds is 6. The van der Waals surface area contributed by atoms with Crippen molar-refractivity contribution in [2.45, 2.75) is 11.7 Å². The molecule has 0 radical (unpaired) electrons. The second-order valence-electron chi connectivity index (χ2n) is 7.20. The van der Waals surface area contributed by atoms with E-state index in [0.29, 0.717) is 22.3 Å². The molecule has 2 heterocycles. The van der Waals surface area contributed by atoms with Crippen molar-refractivity contribution in [1.82, 2.24) is 18.7 Å². The molecule has 4 aromatic rings. The monoisotopic (exact) mass is 472 g/mol. The smallest absolute Gasteiger partial charge is 0.309 e. The number of hydrogen-bond donors (Lipinski definition) is 0. The molecule has 0 atom stereocenters. The van der Waals surface area contributed by atoms with E-state index >= 15 is 0 Å². The molecule has 0 spiro atoms. The molecule has 164 valence electrons. The lowest BCUT2D eigenvalue weighted by Gasteiger charge is -2.10. The highest BCUT2D eigenvalue weighted by molar-refractivity contribution is 7.99. The van der Waals surface area contributed by atoms with E-state index in [1.54, 1.807) is 23.7 Å². The van der Waals surface area contributed by atoms with E-state index in [1.165, 1.54) is 35.9 Å². The average molecular weight is 473 g/mol. The van der Waals surface area contributed by atoms with Gasteiger partial charge >= 0.3 is 5.69 Å². The van der Waals surface area contributed by atoms with E-state index in [2.05, 4.69) is 4.98 Å². The van der Waals surface area contributed by atoms with Crippen LogP contribution in [0.4, 0.5) is 4.39 Å². The van der Waals surface area contributed by atoms with E-state index in [1.807, 2.05) is 12.1 Å². The lowest BCUT2D eigenvalue weighted by Crippen LogP contribution is -2.37. The van der Waals surface area contributed by atoms with Crippen LogP contribution in [0.25, 0.3) is 11.2 Å². The van der Waals surface area contributed by atoms with Crippen LogP contribution in [0, 0.1) is 5.82 Å². The molecule has 0 aliphatic heterocycles. The third kappa shape index (κ3) is 4.13. The molecule has 0 unspecified atom stereocenters. The maximum atomic E-state index is 13.1. The van der Waals surface area contributed by atoms with Crippen LogP contribution in [0.15, 0.2) is 63.3 Å². The van der Waals surface area contributed by atoms with Gasteiger partial charge in [-0.15, -0.1) is 0 Å². The lowest BCUT2D eigenvalue weighted by molar-refractivity contribution is 0.102. The van der Waals surface area contributed by atoms with E-state index in [0.717, 1.165) is 21.9 Å². The summed E-state index contributed by atoms with van der Waals surface area (Å²) in [7, 11) is 2.95. The Morgan fingerprint density at radius 2 is 1.69 bits per heavy atom. The quantitative estimate of drug-likeness (QED) is 0.318. The molecule has 32 heavy (non-hydrogen) atoms. The van der Waals surface area contributed by atoms with Gasteiger partial charge in [-0.3, -0.25) is 18.7 Å². The van der Waals surface area contributed by atoms with E-state index in [-0.39, 0.29) is 22.7 Å². The van der Waals surface area contributed by atoms with Crippen LogP contribution in [0.3, 0.4) is 0 Å². The number of carbonyl (C=O) groups excluding carboxylic acids is 1. The van der Waals surface area contributed by atoms with Crippen molar-refractivity contribution in [2.75, 3.05) is 5.75 Å². The molecule has 4 rings (SSSR count). The molecular weight excluding hydrogens is 455 g/mol. The van der Waals surface area contributed by atoms with Crippen LogP contribution in [-0.2, 0) is 20.6 Å². The van der Waals surface area contributed by atoms with Gasteiger partial charge in [-0.2, -0.15) is 0 Å². The van der Waals surface area contributed by atoms with Gasteiger partial charge < -0.3 is 4.57 Å². The standard InChI is InChI=1S/C22H18ClFN4O3S/c1-26-19-18(20(30)27(2)22(26)31)28(11-13-3-7-15(23)8-4-13)21(25-19)32-12-17(29)14-5-9-16(24)10-6-14/h3-10H,11-12H2,1-2H3. The zero-order chi connectivity index (χ0) is 23.0. The fourth-order valence-electron chi connectivity index (χ4n) is 3.31. The Kier molecular flexibility index (Phi) is 6.03. The molecule has 0 saturated carbocycles.